The van der Waals surface area contributed by atoms with E-state index in [2.05, 4.69) is 43.3 Å². The second-order valence-corrected chi connectivity index (χ2v) is 4.51. The lowest BCUT2D eigenvalue weighted by atomic mass is 10.2. The number of nitrogens with zero attached hydrogens (tertiary/aromatic N) is 1. The highest BCUT2D eigenvalue weighted by molar-refractivity contribution is 5.79. The minimum Gasteiger partial charge on any atom is -0.380 e. The molecule has 0 aliphatic carbocycles. The van der Waals surface area contributed by atoms with Crippen LogP contribution >= 0.6 is 0 Å². The third kappa shape index (κ3) is 11.5. The van der Waals surface area contributed by atoms with Gasteiger partial charge < -0.3 is 15.4 Å². The van der Waals surface area contributed by atoms with Crippen molar-refractivity contribution < 1.29 is 4.74 Å². The first-order valence-corrected chi connectivity index (χ1v) is 6.80. The van der Waals surface area contributed by atoms with E-state index in [-0.39, 0.29) is 0 Å². The molecule has 0 saturated carbocycles. The van der Waals surface area contributed by atoms with Gasteiger partial charge in [-0.2, -0.15) is 0 Å². The smallest absolute Gasteiger partial charge is 0.191 e. The number of ether oxygens (including phenoxy) is 1. The second-order valence-electron chi connectivity index (χ2n) is 4.51. The van der Waals surface area contributed by atoms with Crippen molar-refractivity contribution in [3.8, 4) is 0 Å². The summed E-state index contributed by atoms with van der Waals surface area (Å²) in [4.78, 5) is 4.49. The summed E-state index contributed by atoms with van der Waals surface area (Å²) in [6.45, 7) is 12.7. The molecule has 0 radical (unpaired) electrons. The van der Waals surface area contributed by atoms with Crippen molar-refractivity contribution in [1.29, 1.82) is 0 Å². The first kappa shape index (κ1) is 16.2. The molecule has 0 aromatic heterocycles. The van der Waals surface area contributed by atoms with Crippen LogP contribution in [0, 0.1) is 5.92 Å². The Hall–Kier alpha value is -0.770. The molecule has 0 atom stereocenters. The fourth-order valence-corrected chi connectivity index (χ4v) is 1.21. The van der Waals surface area contributed by atoms with Crippen LogP contribution in [0.25, 0.3) is 0 Å². The Morgan fingerprint density at radius 1 is 1.18 bits per heavy atom. The van der Waals surface area contributed by atoms with Crippen LogP contribution in [0.15, 0.2) is 4.99 Å². The van der Waals surface area contributed by atoms with E-state index >= 15 is 0 Å². The number of aliphatic imine (C=N–C) groups is 1. The fraction of sp³-hybridized carbons (Fsp3) is 0.923. The van der Waals surface area contributed by atoms with Gasteiger partial charge in [0.25, 0.3) is 0 Å². The Morgan fingerprint density at radius 2 is 1.94 bits per heavy atom. The molecule has 0 saturated heterocycles. The number of guanidine groups is 1. The van der Waals surface area contributed by atoms with Gasteiger partial charge >= 0.3 is 0 Å². The summed E-state index contributed by atoms with van der Waals surface area (Å²) in [6.07, 6.45) is 2.33. The van der Waals surface area contributed by atoms with Crippen LogP contribution in [0.1, 0.15) is 40.5 Å². The summed E-state index contributed by atoms with van der Waals surface area (Å²) in [5, 5.41) is 6.49. The van der Waals surface area contributed by atoms with Crippen molar-refractivity contribution in [3.05, 3.63) is 0 Å². The van der Waals surface area contributed by atoms with Crippen LogP contribution in [0.2, 0.25) is 0 Å². The van der Waals surface area contributed by atoms with E-state index in [4.69, 9.17) is 4.74 Å². The lowest BCUT2D eigenvalue weighted by molar-refractivity contribution is 0.136. The first-order chi connectivity index (χ1) is 8.20. The van der Waals surface area contributed by atoms with Gasteiger partial charge in [-0.1, -0.05) is 27.2 Å². The summed E-state index contributed by atoms with van der Waals surface area (Å²) in [6, 6.07) is 0. The SMILES string of the molecule is CCCCOCCNC(=NCC(C)C)NCC. The molecule has 102 valence electrons. The van der Waals surface area contributed by atoms with Gasteiger partial charge in [-0.15, -0.1) is 0 Å². The molecule has 0 unspecified atom stereocenters. The molecule has 4 heteroatoms. The molecule has 0 amide bonds. The van der Waals surface area contributed by atoms with Crippen molar-refractivity contribution in [1.82, 2.24) is 10.6 Å². The molecule has 2 N–H and O–H groups in total. The zero-order valence-corrected chi connectivity index (χ0v) is 11.9. The highest BCUT2D eigenvalue weighted by Gasteiger charge is 1.97. The van der Waals surface area contributed by atoms with E-state index in [1.165, 1.54) is 6.42 Å². The Balaban J connectivity index is 3.66. The molecule has 0 aliphatic heterocycles. The third-order valence-electron chi connectivity index (χ3n) is 2.14. The Labute approximate surface area is 106 Å². The largest absolute Gasteiger partial charge is 0.380 e. The van der Waals surface area contributed by atoms with Crippen molar-refractivity contribution in [2.24, 2.45) is 10.9 Å². The number of rotatable bonds is 9. The highest BCUT2D eigenvalue weighted by Crippen LogP contribution is 1.91. The zero-order valence-electron chi connectivity index (χ0n) is 11.9. The van der Waals surface area contributed by atoms with Gasteiger partial charge in [-0.3, -0.25) is 4.99 Å². The first-order valence-electron chi connectivity index (χ1n) is 6.80. The summed E-state index contributed by atoms with van der Waals surface area (Å²) in [7, 11) is 0. The van der Waals surface area contributed by atoms with Crippen molar-refractivity contribution >= 4 is 5.96 Å². The average molecular weight is 243 g/mol. The van der Waals surface area contributed by atoms with Gasteiger partial charge in [0.1, 0.15) is 0 Å². The standard InChI is InChI=1S/C13H29N3O/c1-5-7-9-17-10-8-15-13(14-6-2)16-11-12(3)4/h12H,5-11H2,1-4H3,(H2,14,15,16). The maximum Gasteiger partial charge on any atom is 0.191 e. The molecule has 0 rings (SSSR count). The van der Waals surface area contributed by atoms with E-state index in [0.717, 1.165) is 45.2 Å². The van der Waals surface area contributed by atoms with Crippen LogP contribution in [0.3, 0.4) is 0 Å². The molecule has 0 aromatic rings. The highest BCUT2D eigenvalue weighted by atomic mass is 16.5. The molecule has 0 fully saturated rings. The minimum atomic E-state index is 0.589. The normalized spacial score (nSPS) is 11.9. The zero-order chi connectivity index (χ0) is 12.9. The van der Waals surface area contributed by atoms with E-state index in [1.807, 2.05) is 0 Å². The molecule has 0 heterocycles. The number of hydrogen-bond donors (Lipinski definition) is 2. The molecular formula is C13H29N3O. The fourth-order valence-electron chi connectivity index (χ4n) is 1.21. The summed E-state index contributed by atoms with van der Waals surface area (Å²) >= 11 is 0. The number of nitrogens with one attached hydrogen (secondary N) is 2. The van der Waals surface area contributed by atoms with Crippen LogP contribution in [0.5, 0.6) is 0 Å². The van der Waals surface area contributed by atoms with Crippen LogP contribution in [0.4, 0.5) is 0 Å². The quantitative estimate of drug-likeness (QED) is 0.370. The summed E-state index contributed by atoms with van der Waals surface area (Å²) in [5.74, 6) is 1.48. The lowest BCUT2D eigenvalue weighted by Gasteiger charge is -2.12. The maximum atomic E-state index is 5.48. The minimum absolute atomic E-state index is 0.589. The molecule has 0 aliphatic rings. The van der Waals surface area contributed by atoms with E-state index in [0.29, 0.717) is 5.92 Å². The maximum absolute atomic E-state index is 5.48. The average Bonchev–Trinajstić information content (AvgIpc) is 2.30. The van der Waals surface area contributed by atoms with Gasteiger partial charge in [0, 0.05) is 26.2 Å². The molecular weight excluding hydrogens is 214 g/mol. The summed E-state index contributed by atoms with van der Waals surface area (Å²) in [5.41, 5.74) is 0. The number of unbranched alkanes of at least 4 members (excludes halogenated alkanes) is 1. The Morgan fingerprint density at radius 3 is 2.53 bits per heavy atom. The second kappa shape index (κ2) is 11.7. The molecule has 0 bridgehead atoms. The monoisotopic (exact) mass is 243 g/mol. The summed E-state index contributed by atoms with van der Waals surface area (Å²) < 4.78 is 5.48. The predicted molar refractivity (Wildman–Crippen MR) is 74.5 cm³/mol. The lowest BCUT2D eigenvalue weighted by Crippen LogP contribution is -2.39. The molecule has 0 aromatic carbocycles. The molecule has 4 nitrogen and oxygen atoms in total. The van der Waals surface area contributed by atoms with Crippen LogP contribution in [-0.2, 0) is 4.74 Å². The van der Waals surface area contributed by atoms with Crippen molar-refractivity contribution in [2.45, 2.75) is 40.5 Å². The van der Waals surface area contributed by atoms with Crippen LogP contribution in [-0.4, -0.2) is 38.8 Å². The van der Waals surface area contributed by atoms with Crippen molar-refractivity contribution in [2.75, 3.05) is 32.8 Å². The Kier molecular flexibility index (Phi) is 11.2. The molecule has 17 heavy (non-hydrogen) atoms. The van der Waals surface area contributed by atoms with Gasteiger partial charge in [0.2, 0.25) is 0 Å². The van der Waals surface area contributed by atoms with Crippen LogP contribution < -0.4 is 10.6 Å². The Bertz CT molecular complexity index is 193. The number of hydrogen-bond acceptors (Lipinski definition) is 2. The van der Waals surface area contributed by atoms with E-state index in [9.17, 15) is 0 Å². The van der Waals surface area contributed by atoms with E-state index < -0.39 is 0 Å². The van der Waals surface area contributed by atoms with Gasteiger partial charge in [-0.25, -0.2) is 0 Å². The predicted octanol–water partition coefficient (Wildman–Crippen LogP) is 2.01. The topological polar surface area (TPSA) is 45.6 Å². The molecule has 0 spiro atoms. The third-order valence-corrected chi connectivity index (χ3v) is 2.14. The van der Waals surface area contributed by atoms with Gasteiger partial charge in [-0.05, 0) is 19.3 Å². The van der Waals surface area contributed by atoms with Gasteiger partial charge in [0.05, 0.1) is 6.61 Å². The van der Waals surface area contributed by atoms with Gasteiger partial charge in [0.15, 0.2) is 5.96 Å². The van der Waals surface area contributed by atoms with Crippen molar-refractivity contribution in [3.63, 3.8) is 0 Å². The van der Waals surface area contributed by atoms with E-state index in [1.54, 1.807) is 0 Å².